The highest BCUT2D eigenvalue weighted by Crippen LogP contribution is 2.23. The van der Waals surface area contributed by atoms with Crippen molar-refractivity contribution in [2.24, 2.45) is 0 Å². The lowest BCUT2D eigenvalue weighted by Gasteiger charge is -2.36. The van der Waals surface area contributed by atoms with Crippen LogP contribution in [0.25, 0.3) is 10.9 Å². The fraction of sp³-hybridized carbons (Fsp3) is 0.526. The number of benzene rings is 1. The van der Waals surface area contributed by atoms with E-state index in [1.54, 1.807) is 0 Å². The number of anilines is 1. The van der Waals surface area contributed by atoms with Crippen LogP contribution in [0.15, 0.2) is 30.3 Å². The molecule has 2 heterocycles. The average Bonchev–Trinajstić information content (AvgIpc) is 2.59. The predicted octanol–water partition coefficient (Wildman–Crippen LogP) is 2.85. The van der Waals surface area contributed by atoms with Crippen LogP contribution >= 0.6 is 0 Å². The highest BCUT2D eigenvalue weighted by Gasteiger charge is 2.19. The molecule has 0 spiro atoms. The zero-order valence-corrected chi connectivity index (χ0v) is 14.5. The highest BCUT2D eigenvalue weighted by atomic mass is 15.3. The molecule has 0 aliphatic carbocycles. The molecule has 0 saturated carbocycles. The summed E-state index contributed by atoms with van der Waals surface area (Å²) in [5.41, 5.74) is 3.45. The lowest BCUT2D eigenvalue weighted by Crippen LogP contribution is -2.49. The van der Waals surface area contributed by atoms with Crippen molar-refractivity contribution < 1.29 is 0 Å². The summed E-state index contributed by atoms with van der Waals surface area (Å²) in [4.78, 5) is 9.71. The number of hydrogen-bond acceptors (Lipinski definition) is 4. The van der Waals surface area contributed by atoms with E-state index in [0.29, 0.717) is 6.04 Å². The van der Waals surface area contributed by atoms with Gasteiger partial charge in [0.15, 0.2) is 0 Å². The molecule has 124 valence electrons. The van der Waals surface area contributed by atoms with Gasteiger partial charge in [-0.15, -0.1) is 0 Å². The predicted molar refractivity (Wildman–Crippen MR) is 98.1 cm³/mol. The lowest BCUT2D eigenvalue weighted by molar-refractivity contribution is 0.123. The third kappa shape index (κ3) is 3.82. The van der Waals surface area contributed by atoms with Crippen LogP contribution < -0.4 is 5.32 Å². The normalized spacial score (nSPS) is 18.2. The molecule has 1 saturated heterocycles. The standard InChI is InChI=1S/C19H28N4/c1-4-16-13-19(17-7-5-6-8-18(17)21-16)20-14-15(2)23-11-9-22(3)10-12-23/h5-8,13,15H,4,9-12,14H2,1-3H3,(H,20,21). The molecular weight excluding hydrogens is 284 g/mol. The third-order valence-electron chi connectivity index (χ3n) is 4.88. The van der Waals surface area contributed by atoms with Gasteiger partial charge in [0.1, 0.15) is 0 Å². The fourth-order valence-corrected chi connectivity index (χ4v) is 3.21. The minimum Gasteiger partial charge on any atom is -0.383 e. The topological polar surface area (TPSA) is 31.4 Å². The SMILES string of the molecule is CCc1cc(NCC(C)N2CCN(C)CC2)c2ccccc2n1. The maximum absolute atomic E-state index is 4.72. The molecule has 1 unspecified atom stereocenters. The molecule has 2 aromatic rings. The summed E-state index contributed by atoms with van der Waals surface area (Å²) in [6, 6.07) is 11.2. The molecule has 3 rings (SSSR count). The summed E-state index contributed by atoms with van der Waals surface area (Å²) in [6.45, 7) is 10.1. The van der Waals surface area contributed by atoms with Gasteiger partial charge in [0.05, 0.1) is 5.52 Å². The number of nitrogens with one attached hydrogen (secondary N) is 1. The second kappa shape index (κ2) is 7.28. The molecule has 1 aliphatic heterocycles. The maximum Gasteiger partial charge on any atom is 0.0726 e. The lowest BCUT2D eigenvalue weighted by atomic mass is 10.1. The first-order valence-electron chi connectivity index (χ1n) is 8.72. The van der Waals surface area contributed by atoms with Crippen molar-refractivity contribution in [3.05, 3.63) is 36.0 Å². The Morgan fingerprint density at radius 2 is 1.91 bits per heavy atom. The number of likely N-dealkylation sites (N-methyl/N-ethyl adjacent to an activating group) is 1. The molecule has 1 atom stereocenters. The van der Waals surface area contributed by atoms with Crippen LogP contribution in [0.4, 0.5) is 5.69 Å². The van der Waals surface area contributed by atoms with Gasteiger partial charge in [0.25, 0.3) is 0 Å². The van der Waals surface area contributed by atoms with E-state index in [-0.39, 0.29) is 0 Å². The van der Waals surface area contributed by atoms with Gasteiger partial charge < -0.3 is 10.2 Å². The van der Waals surface area contributed by atoms with E-state index in [4.69, 9.17) is 4.98 Å². The van der Waals surface area contributed by atoms with Crippen molar-refractivity contribution in [2.75, 3.05) is 45.1 Å². The zero-order chi connectivity index (χ0) is 16.2. The van der Waals surface area contributed by atoms with E-state index in [2.05, 4.69) is 66.3 Å². The van der Waals surface area contributed by atoms with Gasteiger partial charge in [-0.1, -0.05) is 25.1 Å². The van der Waals surface area contributed by atoms with Crippen LogP contribution in [0.2, 0.25) is 0 Å². The molecule has 0 radical (unpaired) electrons. The fourth-order valence-electron chi connectivity index (χ4n) is 3.21. The highest BCUT2D eigenvalue weighted by molar-refractivity contribution is 5.91. The Kier molecular flexibility index (Phi) is 5.13. The number of pyridine rings is 1. The number of para-hydroxylation sites is 1. The molecule has 1 aromatic heterocycles. The van der Waals surface area contributed by atoms with Crippen molar-refractivity contribution in [1.29, 1.82) is 0 Å². The van der Waals surface area contributed by atoms with Gasteiger partial charge in [-0.2, -0.15) is 0 Å². The Labute approximate surface area is 139 Å². The molecule has 1 N–H and O–H groups in total. The maximum atomic E-state index is 4.72. The van der Waals surface area contributed by atoms with Crippen molar-refractivity contribution in [3.63, 3.8) is 0 Å². The summed E-state index contributed by atoms with van der Waals surface area (Å²) in [5, 5.41) is 4.89. The van der Waals surface area contributed by atoms with Gasteiger partial charge in [0, 0.05) is 55.5 Å². The van der Waals surface area contributed by atoms with Crippen molar-refractivity contribution in [3.8, 4) is 0 Å². The Balaban J connectivity index is 1.71. The Morgan fingerprint density at radius 3 is 2.65 bits per heavy atom. The summed E-state index contributed by atoms with van der Waals surface area (Å²) in [6.07, 6.45) is 0.966. The van der Waals surface area contributed by atoms with Crippen LogP contribution in [-0.4, -0.2) is 60.6 Å². The molecule has 1 aliphatic rings. The summed E-state index contributed by atoms with van der Waals surface area (Å²) >= 11 is 0. The van der Waals surface area contributed by atoms with E-state index in [1.807, 2.05) is 0 Å². The van der Waals surface area contributed by atoms with E-state index in [1.165, 1.54) is 24.2 Å². The largest absolute Gasteiger partial charge is 0.383 e. The number of hydrogen-bond donors (Lipinski definition) is 1. The van der Waals surface area contributed by atoms with Gasteiger partial charge in [-0.25, -0.2) is 0 Å². The number of fused-ring (bicyclic) bond motifs is 1. The van der Waals surface area contributed by atoms with Gasteiger partial charge in [0.2, 0.25) is 0 Å². The van der Waals surface area contributed by atoms with Gasteiger partial charge in [-0.3, -0.25) is 9.88 Å². The minimum absolute atomic E-state index is 0.542. The van der Waals surface area contributed by atoms with E-state index < -0.39 is 0 Å². The summed E-state index contributed by atoms with van der Waals surface area (Å²) < 4.78 is 0. The van der Waals surface area contributed by atoms with Gasteiger partial charge in [-0.05, 0) is 32.5 Å². The van der Waals surface area contributed by atoms with E-state index in [0.717, 1.165) is 37.3 Å². The van der Waals surface area contributed by atoms with Crippen LogP contribution in [0.3, 0.4) is 0 Å². The molecule has 0 amide bonds. The van der Waals surface area contributed by atoms with Crippen LogP contribution in [0.5, 0.6) is 0 Å². The Morgan fingerprint density at radius 1 is 1.17 bits per heavy atom. The smallest absolute Gasteiger partial charge is 0.0726 e. The first-order valence-corrected chi connectivity index (χ1v) is 8.72. The first-order chi connectivity index (χ1) is 11.2. The van der Waals surface area contributed by atoms with Crippen LogP contribution in [0.1, 0.15) is 19.5 Å². The number of aromatic nitrogens is 1. The second-order valence-corrected chi connectivity index (χ2v) is 6.60. The molecule has 4 nitrogen and oxygen atoms in total. The van der Waals surface area contributed by atoms with Crippen molar-refractivity contribution in [1.82, 2.24) is 14.8 Å². The number of aryl methyl sites for hydroxylation is 1. The third-order valence-corrected chi connectivity index (χ3v) is 4.88. The monoisotopic (exact) mass is 312 g/mol. The number of rotatable bonds is 5. The van der Waals surface area contributed by atoms with E-state index in [9.17, 15) is 0 Å². The number of piperazine rings is 1. The molecule has 1 fully saturated rings. The summed E-state index contributed by atoms with van der Waals surface area (Å²) in [7, 11) is 2.20. The quantitative estimate of drug-likeness (QED) is 0.920. The molecule has 0 bridgehead atoms. The molecule has 23 heavy (non-hydrogen) atoms. The van der Waals surface area contributed by atoms with Crippen molar-refractivity contribution in [2.45, 2.75) is 26.3 Å². The molecule has 4 heteroatoms. The molecule has 1 aromatic carbocycles. The Hall–Kier alpha value is -1.65. The van der Waals surface area contributed by atoms with Crippen molar-refractivity contribution >= 4 is 16.6 Å². The zero-order valence-electron chi connectivity index (χ0n) is 14.5. The first kappa shape index (κ1) is 16.2. The van der Waals surface area contributed by atoms with E-state index >= 15 is 0 Å². The van der Waals surface area contributed by atoms with Crippen LogP contribution in [-0.2, 0) is 6.42 Å². The number of nitrogens with zero attached hydrogens (tertiary/aromatic N) is 3. The minimum atomic E-state index is 0.542. The average molecular weight is 312 g/mol. The second-order valence-electron chi connectivity index (χ2n) is 6.60. The van der Waals surface area contributed by atoms with Gasteiger partial charge >= 0.3 is 0 Å². The summed E-state index contributed by atoms with van der Waals surface area (Å²) in [5.74, 6) is 0. The molecular formula is C19H28N4. The van der Waals surface area contributed by atoms with Crippen LogP contribution in [0, 0.1) is 0 Å². The Bertz CT molecular complexity index is 647.